The highest BCUT2D eigenvalue weighted by atomic mass is 19.1. The second kappa shape index (κ2) is 6.15. The Bertz CT molecular complexity index is 865. The van der Waals surface area contributed by atoms with Gasteiger partial charge in [-0.2, -0.15) is 4.99 Å². The molecule has 116 valence electrons. The Hall–Kier alpha value is -3.40. The molecule has 23 heavy (non-hydrogen) atoms. The van der Waals surface area contributed by atoms with E-state index in [-0.39, 0.29) is 16.8 Å². The van der Waals surface area contributed by atoms with E-state index < -0.39 is 23.4 Å². The van der Waals surface area contributed by atoms with Gasteiger partial charge >= 0.3 is 0 Å². The quantitative estimate of drug-likeness (QED) is 0.450. The van der Waals surface area contributed by atoms with Crippen molar-refractivity contribution in [1.29, 1.82) is 0 Å². The predicted molar refractivity (Wildman–Crippen MR) is 84.6 cm³/mol. The van der Waals surface area contributed by atoms with E-state index in [9.17, 15) is 14.3 Å². The fraction of sp³-hybridized carbons (Fsp3) is 0.0625. The Morgan fingerprint density at radius 1 is 1.30 bits per heavy atom. The number of carbonyl (C=O) groups is 1. The molecule has 2 aromatic rings. The van der Waals surface area contributed by atoms with Gasteiger partial charge in [0.1, 0.15) is 11.6 Å². The van der Waals surface area contributed by atoms with Crippen molar-refractivity contribution in [2.75, 3.05) is 0 Å². The van der Waals surface area contributed by atoms with Crippen LogP contribution in [0.2, 0.25) is 0 Å². The molecule has 2 rings (SSSR count). The predicted octanol–water partition coefficient (Wildman–Crippen LogP) is 2.47. The van der Waals surface area contributed by atoms with Gasteiger partial charge in [0.05, 0.1) is 12.1 Å². The zero-order valence-electron chi connectivity index (χ0n) is 12.2. The zero-order chi connectivity index (χ0) is 17.1. The molecule has 0 aliphatic heterocycles. The Kier molecular flexibility index (Phi) is 4.27. The first-order valence-electron chi connectivity index (χ1n) is 6.49. The van der Waals surface area contributed by atoms with Crippen molar-refractivity contribution in [3.05, 3.63) is 58.7 Å². The number of aromatic hydroxyl groups is 1. The van der Waals surface area contributed by atoms with Gasteiger partial charge in [0, 0.05) is 5.56 Å². The van der Waals surface area contributed by atoms with Gasteiger partial charge in [-0.25, -0.2) is 9.24 Å². The van der Waals surface area contributed by atoms with Gasteiger partial charge in [-0.05, 0) is 36.2 Å². The van der Waals surface area contributed by atoms with Crippen LogP contribution in [0.3, 0.4) is 0 Å². The molecule has 0 spiro atoms. The SMILES string of the molecule is [C-]#[N+]c1ccc(O)c(C(=O)N=C(N)N)c1-c1cc(F)ccc1C. The molecular weight excluding hydrogens is 299 g/mol. The number of phenols is 1. The summed E-state index contributed by atoms with van der Waals surface area (Å²) >= 11 is 0. The highest BCUT2D eigenvalue weighted by molar-refractivity contribution is 6.10. The van der Waals surface area contributed by atoms with Gasteiger partial charge < -0.3 is 16.6 Å². The number of nitrogens with zero attached hydrogens (tertiary/aromatic N) is 2. The van der Waals surface area contributed by atoms with Crippen molar-refractivity contribution in [1.82, 2.24) is 0 Å². The largest absolute Gasteiger partial charge is 0.507 e. The molecule has 2 aromatic carbocycles. The number of benzene rings is 2. The van der Waals surface area contributed by atoms with Gasteiger partial charge in [-0.3, -0.25) is 4.79 Å². The first-order valence-corrected chi connectivity index (χ1v) is 6.49. The number of rotatable bonds is 2. The number of hydrogen-bond donors (Lipinski definition) is 3. The van der Waals surface area contributed by atoms with Crippen molar-refractivity contribution in [2.45, 2.75) is 6.92 Å². The summed E-state index contributed by atoms with van der Waals surface area (Å²) in [6.07, 6.45) is 0. The van der Waals surface area contributed by atoms with E-state index in [1.54, 1.807) is 6.92 Å². The first kappa shape index (κ1) is 16.0. The lowest BCUT2D eigenvalue weighted by Gasteiger charge is -2.14. The lowest BCUT2D eigenvalue weighted by molar-refractivity contribution is 0.100. The molecule has 0 saturated heterocycles. The summed E-state index contributed by atoms with van der Waals surface area (Å²) in [5.41, 5.74) is 11.2. The number of aliphatic imine (C=N–C) groups is 1. The fourth-order valence-electron chi connectivity index (χ4n) is 2.20. The van der Waals surface area contributed by atoms with Crippen LogP contribution < -0.4 is 11.5 Å². The molecule has 0 unspecified atom stereocenters. The van der Waals surface area contributed by atoms with Crippen LogP contribution in [0.4, 0.5) is 10.1 Å². The third-order valence-electron chi connectivity index (χ3n) is 3.20. The normalized spacial score (nSPS) is 9.96. The molecule has 0 aromatic heterocycles. The molecule has 0 aliphatic carbocycles. The van der Waals surface area contributed by atoms with Gasteiger partial charge in [-0.15, -0.1) is 0 Å². The van der Waals surface area contributed by atoms with Gasteiger partial charge in [0.25, 0.3) is 5.91 Å². The third kappa shape index (κ3) is 3.11. The second-order valence-electron chi connectivity index (χ2n) is 4.77. The zero-order valence-corrected chi connectivity index (χ0v) is 12.2. The average molecular weight is 312 g/mol. The summed E-state index contributed by atoms with van der Waals surface area (Å²) in [7, 11) is 0. The van der Waals surface area contributed by atoms with E-state index in [4.69, 9.17) is 18.0 Å². The van der Waals surface area contributed by atoms with Crippen molar-refractivity contribution in [3.8, 4) is 16.9 Å². The summed E-state index contributed by atoms with van der Waals surface area (Å²) in [5.74, 6) is -2.33. The smallest absolute Gasteiger partial charge is 0.283 e. The molecule has 5 N–H and O–H groups in total. The first-order chi connectivity index (χ1) is 10.8. The lowest BCUT2D eigenvalue weighted by atomic mass is 9.93. The molecule has 0 aliphatic rings. The average Bonchev–Trinajstić information content (AvgIpc) is 2.48. The van der Waals surface area contributed by atoms with Crippen LogP contribution in [0.15, 0.2) is 35.3 Å². The van der Waals surface area contributed by atoms with Gasteiger partial charge in [0.15, 0.2) is 11.6 Å². The van der Waals surface area contributed by atoms with Crippen molar-refractivity contribution >= 4 is 17.6 Å². The Morgan fingerprint density at radius 2 is 2.00 bits per heavy atom. The molecule has 0 fully saturated rings. The summed E-state index contributed by atoms with van der Waals surface area (Å²) in [4.78, 5) is 19.0. The van der Waals surface area contributed by atoms with Crippen molar-refractivity contribution < 1.29 is 14.3 Å². The molecule has 6 nitrogen and oxygen atoms in total. The van der Waals surface area contributed by atoms with Crippen LogP contribution in [-0.2, 0) is 0 Å². The fourth-order valence-corrected chi connectivity index (χ4v) is 2.20. The Balaban J connectivity index is 2.88. The maximum atomic E-state index is 13.6. The minimum Gasteiger partial charge on any atom is -0.507 e. The lowest BCUT2D eigenvalue weighted by Crippen LogP contribution is -2.24. The number of carbonyl (C=O) groups excluding carboxylic acids is 1. The monoisotopic (exact) mass is 312 g/mol. The van der Waals surface area contributed by atoms with Gasteiger partial charge in [-0.1, -0.05) is 12.1 Å². The molecule has 0 bridgehead atoms. The highest BCUT2D eigenvalue weighted by Gasteiger charge is 2.22. The number of guanidine groups is 1. The van der Waals surface area contributed by atoms with Crippen LogP contribution in [0, 0.1) is 19.3 Å². The van der Waals surface area contributed by atoms with Crippen molar-refractivity contribution in [2.24, 2.45) is 16.5 Å². The van der Waals surface area contributed by atoms with E-state index in [0.29, 0.717) is 11.1 Å². The molecule has 0 radical (unpaired) electrons. The van der Waals surface area contributed by atoms with Crippen molar-refractivity contribution in [3.63, 3.8) is 0 Å². The molecule has 7 heteroatoms. The summed E-state index contributed by atoms with van der Waals surface area (Å²) in [5, 5.41) is 10.0. The van der Waals surface area contributed by atoms with Gasteiger partial charge in [0.2, 0.25) is 0 Å². The van der Waals surface area contributed by atoms with Crippen LogP contribution in [0.5, 0.6) is 5.75 Å². The molecule has 0 heterocycles. The molecular formula is C16H13FN4O2. The Morgan fingerprint density at radius 3 is 2.61 bits per heavy atom. The summed E-state index contributed by atoms with van der Waals surface area (Å²) < 4.78 is 13.6. The number of halogens is 1. The number of hydrogen-bond acceptors (Lipinski definition) is 2. The second-order valence-corrected chi connectivity index (χ2v) is 4.77. The van der Waals surface area contributed by atoms with E-state index in [1.807, 2.05) is 0 Å². The number of amides is 1. The topological polar surface area (TPSA) is 106 Å². The maximum Gasteiger partial charge on any atom is 0.283 e. The maximum absolute atomic E-state index is 13.6. The number of nitrogens with two attached hydrogens (primary N) is 2. The van der Waals surface area contributed by atoms with E-state index in [1.165, 1.54) is 30.3 Å². The standard InChI is InChI=1S/C16H13FN4O2/c1-8-3-4-9(17)7-10(8)13-11(20-2)5-6-12(22)14(13)15(23)21-16(18)19/h3-7,22H,1H3,(H4,18,19,21,23). The van der Waals surface area contributed by atoms with Crippen LogP contribution >= 0.6 is 0 Å². The molecule has 0 saturated carbocycles. The molecule has 1 amide bonds. The van der Waals surface area contributed by atoms with Crippen LogP contribution in [0.1, 0.15) is 15.9 Å². The van der Waals surface area contributed by atoms with E-state index in [0.717, 1.165) is 0 Å². The minimum atomic E-state index is -0.910. The third-order valence-corrected chi connectivity index (χ3v) is 3.20. The van der Waals surface area contributed by atoms with Crippen LogP contribution in [-0.4, -0.2) is 17.0 Å². The van der Waals surface area contributed by atoms with Crippen LogP contribution in [0.25, 0.3) is 16.0 Å². The minimum absolute atomic E-state index is 0.0747. The summed E-state index contributed by atoms with van der Waals surface area (Å²) in [6.45, 7) is 8.96. The number of phenolic OH excluding ortho intramolecular Hbond substituents is 1. The summed E-state index contributed by atoms with van der Waals surface area (Å²) in [6, 6.07) is 6.49. The number of aryl methyl sites for hydroxylation is 1. The molecule has 0 atom stereocenters. The Labute approximate surface area is 131 Å². The van der Waals surface area contributed by atoms with E-state index in [2.05, 4.69) is 9.84 Å². The highest BCUT2D eigenvalue weighted by Crippen LogP contribution is 2.40. The van der Waals surface area contributed by atoms with E-state index >= 15 is 0 Å².